The number of rotatable bonds is 3. The molecule has 0 heterocycles. The highest BCUT2D eigenvalue weighted by Gasteiger charge is 2.67. The molecule has 3 N–H and O–H groups in total. The molecule has 27 heavy (non-hydrogen) atoms. The molecule has 0 aromatic carbocycles. The molecule has 150 valence electrons. The van der Waals surface area contributed by atoms with Crippen molar-refractivity contribution in [1.29, 1.82) is 0 Å². The summed E-state index contributed by atoms with van der Waals surface area (Å²) in [5.41, 5.74) is -0.387. The highest BCUT2D eigenvalue weighted by Crippen LogP contribution is 2.71. The third-order valence-electron chi connectivity index (χ3n) is 8.70. The van der Waals surface area contributed by atoms with Gasteiger partial charge in [-0.1, -0.05) is 32.1 Å². The van der Waals surface area contributed by atoms with Gasteiger partial charge in [-0.25, -0.2) is 0 Å². The largest absolute Gasteiger partial charge is 0.463 e. The topological polar surface area (TPSA) is 87.0 Å². The van der Waals surface area contributed by atoms with Crippen LogP contribution in [-0.4, -0.2) is 46.2 Å². The van der Waals surface area contributed by atoms with Crippen LogP contribution in [-0.2, 0) is 9.53 Å². The summed E-state index contributed by atoms with van der Waals surface area (Å²) in [7, 11) is 0. The van der Waals surface area contributed by atoms with Crippen molar-refractivity contribution >= 4 is 5.97 Å². The first-order valence-corrected chi connectivity index (χ1v) is 10.2. The van der Waals surface area contributed by atoms with Gasteiger partial charge in [0.1, 0.15) is 12.2 Å². The standard InChI is InChI=1S/C22H32O5/c1-14(24)27-13-22(26)9-8-21-11-16(22)10-15(21)4-5-17-19(2,12-23)18(25)6-7-20(17,21)3/h4-5,10,16-18,23,25-26H,6-9,11-13H2,1-3H3/t16-,17+,18-,19+,20+,21+,22+/m1/s1. The number of esters is 1. The second kappa shape index (κ2) is 5.91. The fourth-order valence-corrected chi connectivity index (χ4v) is 6.83. The van der Waals surface area contributed by atoms with Gasteiger partial charge in [0.2, 0.25) is 0 Å². The minimum Gasteiger partial charge on any atom is -0.463 e. The Bertz CT molecular complexity index is 713. The number of carbonyl (C=O) groups is 1. The minimum atomic E-state index is -1.00. The van der Waals surface area contributed by atoms with Crippen LogP contribution in [0.2, 0.25) is 0 Å². The fourth-order valence-electron chi connectivity index (χ4n) is 6.83. The first-order valence-electron chi connectivity index (χ1n) is 10.2. The lowest BCUT2D eigenvalue weighted by atomic mass is 9.41. The van der Waals surface area contributed by atoms with Gasteiger partial charge in [0.25, 0.3) is 0 Å². The summed E-state index contributed by atoms with van der Waals surface area (Å²) in [6.45, 7) is 5.70. The lowest BCUT2D eigenvalue weighted by Gasteiger charge is -2.64. The summed E-state index contributed by atoms with van der Waals surface area (Å²) in [5.74, 6) is -0.305. The third kappa shape index (κ3) is 2.37. The number of carbonyl (C=O) groups excluding carboxylic acids is 1. The first kappa shape index (κ1) is 19.2. The molecule has 0 radical (unpaired) electrons. The van der Waals surface area contributed by atoms with E-state index in [1.807, 2.05) is 6.92 Å². The molecule has 0 aromatic heterocycles. The van der Waals surface area contributed by atoms with Gasteiger partial charge >= 0.3 is 5.97 Å². The predicted octanol–water partition coefficient (Wildman–Crippen LogP) is 2.35. The van der Waals surface area contributed by atoms with E-state index in [1.165, 1.54) is 12.5 Å². The number of aliphatic hydroxyl groups is 3. The maximum absolute atomic E-state index is 11.3. The normalized spacial score (nSPS) is 50.6. The maximum atomic E-state index is 11.3. The average molecular weight is 376 g/mol. The average Bonchev–Trinajstić information content (AvgIpc) is 2.98. The molecule has 2 fully saturated rings. The summed E-state index contributed by atoms with van der Waals surface area (Å²) in [4.78, 5) is 11.3. The molecular weight excluding hydrogens is 344 g/mol. The van der Waals surface area contributed by atoms with Gasteiger partial charge in [-0.2, -0.15) is 0 Å². The SMILES string of the molecule is CC(=O)OC[C@@]1(O)CC[C@]23C[C@H]1C=C2C=C[C@H]1[C@](C)(CO)[C@H](O)CC[C@@]13C. The van der Waals surface area contributed by atoms with E-state index < -0.39 is 17.1 Å². The molecule has 2 saturated carbocycles. The molecule has 7 atom stereocenters. The van der Waals surface area contributed by atoms with Crippen LogP contribution in [0.15, 0.2) is 23.8 Å². The molecule has 5 heteroatoms. The molecule has 4 rings (SSSR count). The number of hydrogen-bond donors (Lipinski definition) is 3. The van der Waals surface area contributed by atoms with E-state index in [1.54, 1.807) is 0 Å². The molecule has 0 aliphatic heterocycles. The highest BCUT2D eigenvalue weighted by atomic mass is 16.5. The number of aliphatic hydroxyl groups excluding tert-OH is 2. The fraction of sp³-hybridized carbons (Fsp3) is 0.773. The molecule has 4 aliphatic carbocycles. The second-order valence-corrected chi connectivity index (χ2v) is 9.87. The third-order valence-corrected chi connectivity index (χ3v) is 8.70. The number of fused-ring (bicyclic) bond motifs is 2. The maximum Gasteiger partial charge on any atom is 0.302 e. The van der Waals surface area contributed by atoms with Crippen LogP contribution < -0.4 is 0 Å². The van der Waals surface area contributed by atoms with E-state index in [0.29, 0.717) is 12.8 Å². The van der Waals surface area contributed by atoms with Crippen LogP contribution >= 0.6 is 0 Å². The summed E-state index contributed by atoms with van der Waals surface area (Å²) in [6, 6.07) is 0. The molecular formula is C22H32O5. The Morgan fingerprint density at radius 1 is 1.30 bits per heavy atom. The predicted molar refractivity (Wildman–Crippen MR) is 101 cm³/mol. The molecule has 5 nitrogen and oxygen atoms in total. The van der Waals surface area contributed by atoms with Crippen molar-refractivity contribution < 1.29 is 24.9 Å². The van der Waals surface area contributed by atoms with Crippen LogP contribution in [0.25, 0.3) is 0 Å². The zero-order chi connectivity index (χ0) is 19.7. The Balaban J connectivity index is 1.70. The van der Waals surface area contributed by atoms with Gasteiger partial charge in [0.05, 0.1) is 12.7 Å². The molecule has 1 spiro atoms. The Morgan fingerprint density at radius 2 is 2.04 bits per heavy atom. The van der Waals surface area contributed by atoms with Crippen molar-refractivity contribution in [1.82, 2.24) is 0 Å². The van der Waals surface area contributed by atoms with E-state index in [0.717, 1.165) is 19.3 Å². The van der Waals surface area contributed by atoms with E-state index >= 15 is 0 Å². The molecule has 0 unspecified atom stereocenters. The first-order chi connectivity index (χ1) is 12.6. The molecule has 0 amide bonds. The molecule has 0 aromatic rings. The Labute approximate surface area is 161 Å². The minimum absolute atomic E-state index is 0.0340. The quantitative estimate of drug-likeness (QED) is 0.658. The number of allylic oxidation sites excluding steroid dienone is 3. The van der Waals surface area contributed by atoms with Crippen molar-refractivity contribution in [2.45, 2.75) is 64.6 Å². The van der Waals surface area contributed by atoms with Gasteiger partial charge in [-0.3, -0.25) is 4.79 Å². The molecule has 4 aliphatic rings. The zero-order valence-corrected chi connectivity index (χ0v) is 16.6. The summed E-state index contributed by atoms with van der Waals surface area (Å²) < 4.78 is 5.18. The van der Waals surface area contributed by atoms with E-state index in [9.17, 15) is 20.1 Å². The van der Waals surface area contributed by atoms with E-state index in [4.69, 9.17) is 4.74 Å². The van der Waals surface area contributed by atoms with Crippen molar-refractivity contribution in [2.75, 3.05) is 13.2 Å². The van der Waals surface area contributed by atoms with Crippen LogP contribution in [0.3, 0.4) is 0 Å². The van der Waals surface area contributed by atoms with Gasteiger partial charge in [0, 0.05) is 23.7 Å². The van der Waals surface area contributed by atoms with E-state index in [-0.39, 0.29) is 41.8 Å². The van der Waals surface area contributed by atoms with Gasteiger partial charge in [0.15, 0.2) is 0 Å². The summed E-state index contributed by atoms with van der Waals surface area (Å²) >= 11 is 0. The van der Waals surface area contributed by atoms with Gasteiger partial charge < -0.3 is 20.1 Å². The van der Waals surface area contributed by atoms with Gasteiger partial charge in [-0.15, -0.1) is 0 Å². The molecule has 0 saturated heterocycles. The zero-order valence-electron chi connectivity index (χ0n) is 16.6. The number of ether oxygens (including phenoxy) is 1. The lowest BCUT2D eigenvalue weighted by Crippen LogP contribution is -2.61. The lowest BCUT2D eigenvalue weighted by molar-refractivity contribution is -0.177. The van der Waals surface area contributed by atoms with Crippen LogP contribution in [0.5, 0.6) is 0 Å². The number of hydrogen-bond acceptors (Lipinski definition) is 5. The second-order valence-electron chi connectivity index (χ2n) is 9.87. The smallest absolute Gasteiger partial charge is 0.302 e. The summed E-state index contributed by atoms with van der Waals surface area (Å²) in [5, 5.41) is 32.0. The van der Waals surface area contributed by atoms with Crippen molar-refractivity contribution in [3.8, 4) is 0 Å². The van der Waals surface area contributed by atoms with E-state index in [2.05, 4.69) is 25.2 Å². The Hall–Kier alpha value is -1.17. The summed E-state index contributed by atoms with van der Waals surface area (Å²) in [6.07, 6.45) is 9.90. The highest BCUT2D eigenvalue weighted by molar-refractivity contribution is 5.66. The van der Waals surface area contributed by atoms with Crippen LogP contribution in [0, 0.1) is 28.1 Å². The van der Waals surface area contributed by atoms with Crippen molar-refractivity contribution in [3.63, 3.8) is 0 Å². The monoisotopic (exact) mass is 376 g/mol. The van der Waals surface area contributed by atoms with Crippen molar-refractivity contribution in [2.24, 2.45) is 28.1 Å². The van der Waals surface area contributed by atoms with Crippen LogP contribution in [0.1, 0.15) is 52.9 Å². The van der Waals surface area contributed by atoms with Gasteiger partial charge in [-0.05, 0) is 49.0 Å². The Kier molecular flexibility index (Phi) is 4.20. The Morgan fingerprint density at radius 3 is 2.70 bits per heavy atom. The van der Waals surface area contributed by atoms with Crippen LogP contribution in [0.4, 0.5) is 0 Å². The molecule has 2 bridgehead atoms. The van der Waals surface area contributed by atoms with Crippen molar-refractivity contribution in [3.05, 3.63) is 23.8 Å².